The summed E-state index contributed by atoms with van der Waals surface area (Å²) in [7, 11) is 6.00. The van der Waals surface area contributed by atoms with E-state index in [1.54, 1.807) is 12.1 Å². The molecule has 0 unspecified atom stereocenters. The number of ether oxygens (including phenoxy) is 1. The fourth-order valence-electron chi connectivity index (χ4n) is 2.41. The first-order valence-corrected chi connectivity index (χ1v) is 9.19. The Morgan fingerprint density at radius 3 is 2.28 bits per heavy atom. The summed E-state index contributed by atoms with van der Waals surface area (Å²) in [6.07, 6.45) is -4.49. The number of rotatable bonds is 8. The highest BCUT2D eigenvalue weighted by Gasteiger charge is 2.31. The normalized spacial score (nSPS) is 11.4. The highest BCUT2D eigenvalue weighted by molar-refractivity contribution is 6.32. The van der Waals surface area contributed by atoms with E-state index in [0.717, 1.165) is 37.0 Å². The lowest BCUT2D eigenvalue weighted by Crippen LogP contribution is -2.28. The van der Waals surface area contributed by atoms with Gasteiger partial charge < -0.3 is 19.9 Å². The zero-order valence-corrected chi connectivity index (χ0v) is 17.1. The Labute approximate surface area is 173 Å². The van der Waals surface area contributed by atoms with Crippen LogP contribution >= 0.6 is 11.6 Å². The van der Waals surface area contributed by atoms with E-state index in [0.29, 0.717) is 5.69 Å². The van der Waals surface area contributed by atoms with E-state index in [9.17, 15) is 18.0 Å². The number of anilines is 2. The third-order valence-electron chi connectivity index (χ3n) is 4.09. The van der Waals surface area contributed by atoms with Gasteiger partial charge in [0.2, 0.25) is 0 Å². The van der Waals surface area contributed by atoms with Crippen LogP contribution in [0, 0.1) is 0 Å². The van der Waals surface area contributed by atoms with Crippen molar-refractivity contribution in [3.8, 4) is 5.75 Å². The SMILES string of the molecule is CN(C)CCN(C)c1ccc(NC(=O)COc2ccc(C(F)(F)F)cc2Cl)cc1. The van der Waals surface area contributed by atoms with Crippen LogP contribution in [0.25, 0.3) is 0 Å². The minimum absolute atomic E-state index is 0.00711. The van der Waals surface area contributed by atoms with Gasteiger partial charge in [-0.2, -0.15) is 13.2 Å². The minimum atomic E-state index is -4.49. The lowest BCUT2D eigenvalue weighted by molar-refractivity contribution is -0.137. The number of benzene rings is 2. The Balaban J connectivity index is 1.88. The summed E-state index contributed by atoms with van der Waals surface area (Å²) in [6.45, 7) is 1.40. The third kappa shape index (κ3) is 7.14. The smallest absolute Gasteiger partial charge is 0.416 e. The van der Waals surface area contributed by atoms with Crippen LogP contribution in [-0.4, -0.2) is 51.6 Å². The number of nitrogens with zero attached hydrogens (tertiary/aromatic N) is 2. The maximum absolute atomic E-state index is 12.6. The van der Waals surface area contributed by atoms with Gasteiger partial charge in [0.25, 0.3) is 5.91 Å². The fraction of sp³-hybridized carbons (Fsp3) is 0.350. The molecule has 2 aromatic rings. The average Bonchev–Trinajstić information content (AvgIpc) is 2.65. The van der Waals surface area contributed by atoms with Gasteiger partial charge in [0, 0.05) is 31.5 Å². The molecule has 158 valence electrons. The maximum Gasteiger partial charge on any atom is 0.416 e. The van der Waals surface area contributed by atoms with Crippen LogP contribution in [-0.2, 0) is 11.0 Å². The largest absolute Gasteiger partial charge is 0.482 e. The van der Waals surface area contributed by atoms with E-state index in [1.807, 2.05) is 33.3 Å². The second-order valence-corrected chi connectivity index (χ2v) is 7.16. The number of halogens is 4. The van der Waals surface area contributed by atoms with E-state index >= 15 is 0 Å². The molecule has 29 heavy (non-hydrogen) atoms. The zero-order valence-electron chi connectivity index (χ0n) is 16.4. The van der Waals surface area contributed by atoms with Crippen LogP contribution in [0.4, 0.5) is 24.5 Å². The first kappa shape index (κ1) is 22.8. The summed E-state index contributed by atoms with van der Waals surface area (Å²) in [5, 5.41) is 2.46. The molecule has 0 aliphatic rings. The molecule has 0 saturated carbocycles. The van der Waals surface area contributed by atoms with E-state index < -0.39 is 17.6 Å². The maximum atomic E-state index is 12.6. The van der Waals surface area contributed by atoms with Crippen molar-refractivity contribution in [2.24, 2.45) is 0 Å². The molecule has 0 aromatic heterocycles. The summed E-state index contributed by atoms with van der Waals surface area (Å²) in [4.78, 5) is 16.2. The second-order valence-electron chi connectivity index (χ2n) is 6.75. The van der Waals surface area contributed by atoms with Crippen molar-refractivity contribution in [3.05, 3.63) is 53.1 Å². The first-order chi connectivity index (χ1) is 13.6. The summed E-state index contributed by atoms with van der Waals surface area (Å²) >= 11 is 5.81. The number of hydrogen-bond acceptors (Lipinski definition) is 4. The van der Waals surface area contributed by atoms with Gasteiger partial charge in [0.15, 0.2) is 6.61 Å². The summed E-state index contributed by atoms with van der Waals surface area (Å²) < 4.78 is 43.2. The van der Waals surface area contributed by atoms with Crippen molar-refractivity contribution in [2.75, 3.05) is 51.1 Å². The Morgan fingerprint density at radius 1 is 1.07 bits per heavy atom. The fourth-order valence-corrected chi connectivity index (χ4v) is 2.65. The molecule has 9 heteroatoms. The topological polar surface area (TPSA) is 44.8 Å². The van der Waals surface area contributed by atoms with Crippen LogP contribution in [0.5, 0.6) is 5.75 Å². The van der Waals surface area contributed by atoms with Crippen LogP contribution in [0.2, 0.25) is 5.02 Å². The van der Waals surface area contributed by atoms with Crippen molar-refractivity contribution < 1.29 is 22.7 Å². The summed E-state index contributed by atoms with van der Waals surface area (Å²) in [6, 6.07) is 10.0. The van der Waals surface area contributed by atoms with Gasteiger partial charge in [0.05, 0.1) is 10.6 Å². The highest BCUT2D eigenvalue weighted by atomic mass is 35.5. The van der Waals surface area contributed by atoms with Gasteiger partial charge in [-0.25, -0.2) is 0 Å². The van der Waals surface area contributed by atoms with Gasteiger partial charge >= 0.3 is 6.18 Å². The molecule has 0 spiro atoms. The standard InChI is InChI=1S/C20H23ClF3N3O2/c1-26(2)10-11-27(3)16-7-5-15(6-8-16)25-19(28)13-29-18-9-4-14(12-17(18)21)20(22,23)24/h4-9,12H,10-11,13H2,1-3H3,(H,25,28). The molecule has 0 radical (unpaired) electrons. The molecule has 5 nitrogen and oxygen atoms in total. The van der Waals surface area contributed by atoms with E-state index in [2.05, 4.69) is 15.1 Å². The lowest BCUT2D eigenvalue weighted by atomic mass is 10.2. The summed E-state index contributed by atoms with van der Waals surface area (Å²) in [5.74, 6) is -0.442. The van der Waals surface area contributed by atoms with Crippen molar-refractivity contribution in [3.63, 3.8) is 0 Å². The molecule has 0 aliphatic carbocycles. The second kappa shape index (κ2) is 9.84. The van der Waals surface area contributed by atoms with Gasteiger partial charge in [-0.1, -0.05) is 11.6 Å². The lowest BCUT2D eigenvalue weighted by Gasteiger charge is -2.21. The number of hydrogen-bond donors (Lipinski definition) is 1. The third-order valence-corrected chi connectivity index (χ3v) is 4.39. The minimum Gasteiger partial charge on any atom is -0.482 e. The van der Waals surface area contributed by atoms with Crippen molar-refractivity contribution >= 4 is 28.9 Å². The molecule has 0 aliphatic heterocycles. The predicted octanol–water partition coefficient (Wildman–Crippen LogP) is 4.37. The molecule has 2 rings (SSSR count). The van der Waals surface area contributed by atoms with Gasteiger partial charge in [-0.15, -0.1) is 0 Å². The molecular formula is C20H23ClF3N3O2. The summed E-state index contributed by atoms with van der Waals surface area (Å²) in [5.41, 5.74) is 0.717. The van der Waals surface area contributed by atoms with Crippen LogP contribution in [0.3, 0.4) is 0 Å². The molecule has 0 atom stereocenters. The van der Waals surface area contributed by atoms with Crippen molar-refractivity contribution in [2.45, 2.75) is 6.18 Å². The zero-order chi connectivity index (χ0) is 21.6. The first-order valence-electron chi connectivity index (χ1n) is 8.81. The van der Waals surface area contributed by atoms with E-state index in [-0.39, 0.29) is 17.4 Å². The average molecular weight is 430 g/mol. The number of likely N-dealkylation sites (N-methyl/N-ethyl adjacent to an activating group) is 2. The molecule has 1 N–H and O–H groups in total. The number of alkyl halides is 3. The highest BCUT2D eigenvalue weighted by Crippen LogP contribution is 2.34. The van der Waals surface area contributed by atoms with Crippen LogP contribution in [0.1, 0.15) is 5.56 Å². The number of nitrogens with one attached hydrogen (secondary N) is 1. The Morgan fingerprint density at radius 2 is 1.72 bits per heavy atom. The molecule has 1 amide bonds. The molecule has 0 saturated heterocycles. The Bertz CT molecular complexity index is 827. The van der Waals surface area contributed by atoms with Crippen LogP contribution < -0.4 is 15.0 Å². The molecule has 2 aromatic carbocycles. The van der Waals surface area contributed by atoms with Crippen LogP contribution in [0.15, 0.2) is 42.5 Å². The van der Waals surface area contributed by atoms with Crippen molar-refractivity contribution in [1.82, 2.24) is 4.90 Å². The molecule has 0 bridgehead atoms. The monoisotopic (exact) mass is 429 g/mol. The number of carbonyl (C=O) groups excluding carboxylic acids is 1. The predicted molar refractivity (Wildman–Crippen MR) is 109 cm³/mol. The Kier molecular flexibility index (Phi) is 7.75. The van der Waals surface area contributed by atoms with Gasteiger partial charge in [0.1, 0.15) is 5.75 Å². The number of carbonyl (C=O) groups is 1. The van der Waals surface area contributed by atoms with Gasteiger partial charge in [-0.3, -0.25) is 4.79 Å². The molecule has 0 heterocycles. The molecule has 0 fully saturated rings. The van der Waals surface area contributed by atoms with E-state index in [1.165, 1.54) is 0 Å². The van der Waals surface area contributed by atoms with Crippen molar-refractivity contribution in [1.29, 1.82) is 0 Å². The quantitative estimate of drug-likeness (QED) is 0.676. The van der Waals surface area contributed by atoms with Gasteiger partial charge in [-0.05, 0) is 56.6 Å². The molecular weight excluding hydrogens is 407 g/mol. The Hall–Kier alpha value is -2.45. The van der Waals surface area contributed by atoms with E-state index in [4.69, 9.17) is 16.3 Å². The number of amides is 1.